The van der Waals surface area contributed by atoms with E-state index in [9.17, 15) is 8.42 Å². The monoisotopic (exact) mass is 336 g/mol. The standard InChI is InChI=1S/C21H20O2S/c1-16(17-10-4-3-5-11-17)18-12-6-7-13-19(18)20-14-8-9-15-21(20)24(2,22)23/h3-16H,1-2H3. The average Bonchev–Trinajstić information content (AvgIpc) is 2.61. The summed E-state index contributed by atoms with van der Waals surface area (Å²) in [5.41, 5.74) is 4.06. The van der Waals surface area contributed by atoms with Crippen molar-refractivity contribution >= 4 is 9.84 Å². The second kappa shape index (κ2) is 6.62. The molecule has 0 spiro atoms. The Hall–Kier alpha value is -2.39. The third-order valence-electron chi connectivity index (χ3n) is 4.30. The van der Waals surface area contributed by atoms with E-state index >= 15 is 0 Å². The summed E-state index contributed by atoms with van der Waals surface area (Å²) in [5.74, 6) is 0.176. The van der Waals surface area contributed by atoms with Crippen molar-refractivity contribution in [3.05, 3.63) is 90.0 Å². The number of rotatable bonds is 4. The summed E-state index contributed by atoms with van der Waals surface area (Å²) >= 11 is 0. The molecule has 0 bridgehead atoms. The topological polar surface area (TPSA) is 34.1 Å². The summed E-state index contributed by atoms with van der Waals surface area (Å²) in [4.78, 5) is 0.373. The molecule has 3 heteroatoms. The van der Waals surface area contributed by atoms with E-state index in [1.54, 1.807) is 12.1 Å². The molecule has 3 rings (SSSR count). The van der Waals surface area contributed by atoms with Crippen LogP contribution >= 0.6 is 0 Å². The van der Waals surface area contributed by atoms with Crippen molar-refractivity contribution in [3.8, 4) is 11.1 Å². The molecule has 0 amide bonds. The minimum Gasteiger partial charge on any atom is -0.224 e. The highest BCUT2D eigenvalue weighted by atomic mass is 32.2. The van der Waals surface area contributed by atoms with Crippen LogP contribution in [0.5, 0.6) is 0 Å². The molecule has 0 aliphatic heterocycles. The Bertz CT molecular complexity index is 944. The van der Waals surface area contributed by atoms with Crippen LogP contribution < -0.4 is 0 Å². The van der Waals surface area contributed by atoms with Gasteiger partial charge in [-0.3, -0.25) is 0 Å². The quantitative estimate of drug-likeness (QED) is 0.678. The van der Waals surface area contributed by atoms with E-state index in [2.05, 4.69) is 25.1 Å². The molecule has 2 nitrogen and oxygen atoms in total. The van der Waals surface area contributed by atoms with Crippen LogP contribution in [0.3, 0.4) is 0 Å². The van der Waals surface area contributed by atoms with Crippen molar-refractivity contribution < 1.29 is 8.42 Å². The van der Waals surface area contributed by atoms with E-state index < -0.39 is 9.84 Å². The molecule has 122 valence electrons. The molecule has 3 aromatic carbocycles. The fraction of sp³-hybridized carbons (Fsp3) is 0.143. The van der Waals surface area contributed by atoms with Gasteiger partial charge in [-0.1, -0.05) is 79.7 Å². The van der Waals surface area contributed by atoms with Crippen LogP contribution in [0.15, 0.2) is 83.8 Å². The zero-order valence-electron chi connectivity index (χ0n) is 13.8. The van der Waals surface area contributed by atoms with Crippen LogP contribution in [0, 0.1) is 0 Å². The van der Waals surface area contributed by atoms with Gasteiger partial charge in [-0.25, -0.2) is 8.42 Å². The Morgan fingerprint density at radius 3 is 1.92 bits per heavy atom. The summed E-state index contributed by atoms with van der Waals surface area (Å²) < 4.78 is 24.4. The number of sulfone groups is 1. The van der Waals surface area contributed by atoms with Gasteiger partial charge < -0.3 is 0 Å². The Labute approximate surface area is 143 Å². The van der Waals surface area contributed by atoms with Gasteiger partial charge in [0.25, 0.3) is 0 Å². The largest absolute Gasteiger partial charge is 0.224 e. The Kier molecular flexibility index (Phi) is 4.54. The van der Waals surface area contributed by atoms with Gasteiger partial charge in [-0.15, -0.1) is 0 Å². The van der Waals surface area contributed by atoms with Crippen LogP contribution in [0.1, 0.15) is 24.0 Å². The molecule has 0 N–H and O–H groups in total. The summed E-state index contributed by atoms with van der Waals surface area (Å²) in [6.07, 6.45) is 1.26. The SMILES string of the molecule is CC(c1ccccc1)c1ccccc1-c1ccccc1S(C)(=O)=O. The molecule has 3 aromatic rings. The van der Waals surface area contributed by atoms with E-state index in [0.717, 1.165) is 16.7 Å². The maximum Gasteiger partial charge on any atom is 0.176 e. The van der Waals surface area contributed by atoms with Crippen molar-refractivity contribution in [1.82, 2.24) is 0 Å². The molecule has 0 fully saturated rings. The summed E-state index contributed by atoms with van der Waals surface area (Å²) in [6.45, 7) is 2.15. The lowest BCUT2D eigenvalue weighted by Gasteiger charge is -2.18. The van der Waals surface area contributed by atoms with Crippen molar-refractivity contribution in [2.24, 2.45) is 0 Å². The molecule has 0 aliphatic carbocycles. The van der Waals surface area contributed by atoms with E-state index in [1.807, 2.05) is 48.5 Å². The first-order chi connectivity index (χ1) is 11.5. The van der Waals surface area contributed by atoms with Gasteiger partial charge in [0.1, 0.15) is 0 Å². The lowest BCUT2D eigenvalue weighted by atomic mass is 9.87. The summed E-state index contributed by atoms with van der Waals surface area (Å²) in [6, 6.07) is 25.5. The lowest BCUT2D eigenvalue weighted by Crippen LogP contribution is -2.03. The average molecular weight is 336 g/mol. The third kappa shape index (κ3) is 3.26. The molecule has 0 saturated carbocycles. The minimum absolute atomic E-state index is 0.176. The minimum atomic E-state index is -3.29. The highest BCUT2D eigenvalue weighted by molar-refractivity contribution is 7.90. The van der Waals surface area contributed by atoms with Crippen molar-refractivity contribution in [2.45, 2.75) is 17.7 Å². The highest BCUT2D eigenvalue weighted by Crippen LogP contribution is 2.35. The molecule has 1 unspecified atom stereocenters. The second-order valence-corrected chi connectivity index (χ2v) is 7.97. The molecule has 24 heavy (non-hydrogen) atoms. The van der Waals surface area contributed by atoms with Crippen LogP contribution in [0.4, 0.5) is 0 Å². The van der Waals surface area contributed by atoms with Crippen molar-refractivity contribution in [3.63, 3.8) is 0 Å². The van der Waals surface area contributed by atoms with Gasteiger partial charge in [0.2, 0.25) is 0 Å². The van der Waals surface area contributed by atoms with Crippen LogP contribution in [-0.4, -0.2) is 14.7 Å². The van der Waals surface area contributed by atoms with Gasteiger partial charge in [-0.05, 0) is 22.8 Å². The first kappa shape index (κ1) is 16.5. The fourth-order valence-corrected chi connectivity index (χ4v) is 3.96. The van der Waals surface area contributed by atoms with Gasteiger partial charge >= 0.3 is 0 Å². The molecule has 1 atom stereocenters. The van der Waals surface area contributed by atoms with E-state index in [-0.39, 0.29) is 5.92 Å². The van der Waals surface area contributed by atoms with Crippen LogP contribution in [-0.2, 0) is 9.84 Å². The zero-order chi connectivity index (χ0) is 17.2. The first-order valence-electron chi connectivity index (χ1n) is 7.92. The van der Waals surface area contributed by atoms with Crippen LogP contribution in [0.25, 0.3) is 11.1 Å². The fourth-order valence-electron chi connectivity index (χ4n) is 3.05. The van der Waals surface area contributed by atoms with Gasteiger partial charge in [0, 0.05) is 17.7 Å². The van der Waals surface area contributed by atoms with E-state index in [1.165, 1.54) is 11.8 Å². The number of hydrogen-bond acceptors (Lipinski definition) is 2. The molecule has 0 saturated heterocycles. The van der Waals surface area contributed by atoms with Gasteiger partial charge in [-0.2, -0.15) is 0 Å². The second-order valence-electron chi connectivity index (χ2n) is 5.99. The molecular formula is C21H20O2S. The Morgan fingerprint density at radius 2 is 1.25 bits per heavy atom. The summed E-state index contributed by atoms with van der Waals surface area (Å²) in [5, 5.41) is 0. The Balaban J connectivity index is 2.19. The third-order valence-corrected chi connectivity index (χ3v) is 5.46. The molecule has 0 heterocycles. The Morgan fingerprint density at radius 1 is 0.708 bits per heavy atom. The number of hydrogen-bond donors (Lipinski definition) is 0. The summed E-state index contributed by atoms with van der Waals surface area (Å²) in [7, 11) is -3.29. The maximum atomic E-state index is 12.2. The molecular weight excluding hydrogens is 316 g/mol. The van der Waals surface area contributed by atoms with Crippen molar-refractivity contribution in [2.75, 3.05) is 6.26 Å². The van der Waals surface area contributed by atoms with E-state index in [4.69, 9.17) is 0 Å². The van der Waals surface area contributed by atoms with Gasteiger partial charge in [0.15, 0.2) is 9.84 Å². The van der Waals surface area contributed by atoms with Gasteiger partial charge in [0.05, 0.1) is 4.90 Å². The molecule has 0 aromatic heterocycles. The number of benzene rings is 3. The first-order valence-corrected chi connectivity index (χ1v) is 9.81. The van der Waals surface area contributed by atoms with E-state index in [0.29, 0.717) is 4.90 Å². The normalized spacial score (nSPS) is 12.8. The lowest BCUT2D eigenvalue weighted by molar-refractivity contribution is 0.602. The highest BCUT2D eigenvalue weighted by Gasteiger charge is 2.19. The zero-order valence-corrected chi connectivity index (χ0v) is 14.6. The van der Waals surface area contributed by atoms with Crippen molar-refractivity contribution in [1.29, 1.82) is 0 Å². The maximum absolute atomic E-state index is 12.2. The predicted molar refractivity (Wildman–Crippen MR) is 98.9 cm³/mol. The molecule has 0 radical (unpaired) electrons. The predicted octanol–water partition coefficient (Wildman–Crippen LogP) is 4.91. The smallest absolute Gasteiger partial charge is 0.176 e. The molecule has 0 aliphatic rings. The van der Waals surface area contributed by atoms with Crippen LogP contribution in [0.2, 0.25) is 0 Å².